The minimum absolute atomic E-state index is 0.00752. The molecule has 1 rings (SSSR count). The Morgan fingerprint density at radius 3 is 2.39 bits per heavy atom. The quantitative estimate of drug-likeness (QED) is 0.899. The van der Waals surface area contributed by atoms with E-state index in [0.29, 0.717) is 4.47 Å². The van der Waals surface area contributed by atoms with Gasteiger partial charge in [0.15, 0.2) is 0 Å². The summed E-state index contributed by atoms with van der Waals surface area (Å²) >= 11 is 3.13. The molecule has 0 aliphatic rings. The van der Waals surface area contributed by atoms with Crippen LogP contribution in [0.5, 0.6) is 0 Å². The number of rotatable bonds is 3. The van der Waals surface area contributed by atoms with E-state index >= 15 is 0 Å². The van der Waals surface area contributed by atoms with Crippen molar-refractivity contribution in [3.8, 4) is 0 Å². The zero-order valence-electron chi connectivity index (χ0n) is 10.6. The lowest BCUT2D eigenvalue weighted by Crippen LogP contribution is -2.48. The molecule has 0 aromatic heterocycles. The van der Waals surface area contributed by atoms with Crippen LogP contribution in [0, 0.1) is 11.2 Å². The molecule has 3 nitrogen and oxygen atoms in total. The second-order valence-electron chi connectivity index (χ2n) is 5.64. The molecule has 18 heavy (non-hydrogen) atoms. The first kappa shape index (κ1) is 15.1. The van der Waals surface area contributed by atoms with Gasteiger partial charge in [0.1, 0.15) is 11.4 Å². The van der Waals surface area contributed by atoms with Gasteiger partial charge in [-0.1, -0.05) is 42.8 Å². The molecule has 0 bridgehead atoms. The number of carbonyl (C=O) groups is 1. The zero-order chi connectivity index (χ0) is 14.1. The SMILES string of the molecule is CC(C)(C)CC(N)(C(=O)O)c1ccc(Br)cc1F. The highest BCUT2D eigenvalue weighted by Gasteiger charge is 2.41. The third-order valence-electron chi connectivity index (χ3n) is 2.60. The first-order chi connectivity index (χ1) is 8.06. The smallest absolute Gasteiger partial charge is 0.328 e. The maximum atomic E-state index is 13.9. The van der Waals surface area contributed by atoms with Gasteiger partial charge in [-0.25, -0.2) is 9.18 Å². The van der Waals surface area contributed by atoms with Crippen LogP contribution in [0.4, 0.5) is 4.39 Å². The van der Waals surface area contributed by atoms with E-state index in [4.69, 9.17) is 5.73 Å². The second-order valence-corrected chi connectivity index (χ2v) is 6.55. The number of benzene rings is 1. The molecule has 3 N–H and O–H groups in total. The summed E-state index contributed by atoms with van der Waals surface area (Å²) in [5.74, 6) is -1.84. The molecule has 0 aliphatic carbocycles. The highest BCUT2D eigenvalue weighted by molar-refractivity contribution is 9.10. The van der Waals surface area contributed by atoms with Crippen molar-refractivity contribution in [1.29, 1.82) is 0 Å². The third kappa shape index (κ3) is 3.29. The molecule has 1 atom stereocenters. The lowest BCUT2D eigenvalue weighted by Gasteiger charge is -2.32. The Bertz CT molecular complexity index is 471. The van der Waals surface area contributed by atoms with Gasteiger partial charge in [-0.05, 0) is 24.0 Å². The summed E-state index contributed by atoms with van der Waals surface area (Å²) in [6, 6.07) is 4.23. The largest absolute Gasteiger partial charge is 0.480 e. The average Bonchev–Trinajstić information content (AvgIpc) is 2.13. The van der Waals surface area contributed by atoms with Crippen molar-refractivity contribution in [3.63, 3.8) is 0 Å². The predicted octanol–water partition coefficient (Wildman–Crippen LogP) is 3.26. The molecular formula is C13H17BrFNO2. The summed E-state index contributed by atoms with van der Waals surface area (Å²) in [5.41, 5.74) is 3.91. The van der Waals surface area contributed by atoms with E-state index < -0.39 is 17.3 Å². The molecule has 1 unspecified atom stereocenters. The van der Waals surface area contributed by atoms with Crippen LogP contribution in [0.1, 0.15) is 32.8 Å². The Morgan fingerprint density at radius 1 is 1.44 bits per heavy atom. The maximum Gasteiger partial charge on any atom is 0.328 e. The molecule has 0 amide bonds. The number of carboxylic acid groups (broad SMARTS) is 1. The van der Waals surface area contributed by atoms with E-state index in [1.807, 2.05) is 20.8 Å². The van der Waals surface area contributed by atoms with E-state index in [2.05, 4.69) is 15.9 Å². The molecule has 1 aromatic rings. The number of nitrogens with two attached hydrogens (primary N) is 1. The number of halogens is 2. The fraction of sp³-hybridized carbons (Fsp3) is 0.462. The van der Waals surface area contributed by atoms with Gasteiger partial charge in [0, 0.05) is 10.0 Å². The second kappa shape index (κ2) is 4.97. The van der Waals surface area contributed by atoms with Crippen molar-refractivity contribution in [2.45, 2.75) is 32.7 Å². The molecule has 100 valence electrons. The molecule has 0 heterocycles. The Labute approximate surface area is 114 Å². The lowest BCUT2D eigenvalue weighted by molar-refractivity contribution is -0.145. The lowest BCUT2D eigenvalue weighted by atomic mass is 9.76. The van der Waals surface area contributed by atoms with Crippen molar-refractivity contribution in [1.82, 2.24) is 0 Å². The molecule has 0 saturated heterocycles. The Balaban J connectivity index is 3.32. The topological polar surface area (TPSA) is 63.3 Å². The fourth-order valence-electron chi connectivity index (χ4n) is 1.97. The first-order valence-electron chi connectivity index (χ1n) is 5.54. The number of aliphatic carboxylic acids is 1. The molecule has 0 fully saturated rings. The van der Waals surface area contributed by atoms with Crippen molar-refractivity contribution >= 4 is 21.9 Å². The van der Waals surface area contributed by atoms with Gasteiger partial charge in [-0.2, -0.15) is 0 Å². The maximum absolute atomic E-state index is 13.9. The van der Waals surface area contributed by atoms with E-state index in [1.54, 1.807) is 6.07 Å². The molecule has 5 heteroatoms. The van der Waals surface area contributed by atoms with Crippen molar-refractivity contribution in [2.75, 3.05) is 0 Å². The van der Waals surface area contributed by atoms with E-state index in [0.717, 1.165) is 0 Å². The van der Waals surface area contributed by atoms with Crippen LogP contribution in [0.2, 0.25) is 0 Å². The Morgan fingerprint density at radius 2 is 2.00 bits per heavy atom. The van der Waals surface area contributed by atoms with Crippen LogP contribution in [-0.4, -0.2) is 11.1 Å². The summed E-state index contributed by atoms with van der Waals surface area (Å²) in [6.07, 6.45) is 0.147. The summed E-state index contributed by atoms with van der Waals surface area (Å²) in [4.78, 5) is 11.4. The average molecular weight is 318 g/mol. The molecule has 0 radical (unpaired) electrons. The Hall–Kier alpha value is -0.940. The third-order valence-corrected chi connectivity index (χ3v) is 3.10. The highest BCUT2D eigenvalue weighted by Crippen LogP contribution is 2.35. The van der Waals surface area contributed by atoms with Crippen LogP contribution in [0.3, 0.4) is 0 Å². The van der Waals surface area contributed by atoms with E-state index in [9.17, 15) is 14.3 Å². The summed E-state index contributed by atoms with van der Waals surface area (Å²) in [5, 5.41) is 9.34. The Kier molecular flexibility index (Phi) is 4.18. The van der Waals surface area contributed by atoms with Gasteiger partial charge in [-0.3, -0.25) is 0 Å². The minimum atomic E-state index is -1.72. The highest BCUT2D eigenvalue weighted by atomic mass is 79.9. The molecular weight excluding hydrogens is 301 g/mol. The van der Waals surface area contributed by atoms with Crippen molar-refractivity contribution < 1.29 is 14.3 Å². The molecule has 0 saturated carbocycles. The van der Waals surface area contributed by atoms with Gasteiger partial charge < -0.3 is 10.8 Å². The van der Waals surface area contributed by atoms with Gasteiger partial charge in [-0.15, -0.1) is 0 Å². The van der Waals surface area contributed by atoms with Crippen LogP contribution < -0.4 is 5.73 Å². The first-order valence-corrected chi connectivity index (χ1v) is 6.33. The van der Waals surface area contributed by atoms with Gasteiger partial charge in [0.2, 0.25) is 0 Å². The fourth-order valence-corrected chi connectivity index (χ4v) is 2.31. The van der Waals surface area contributed by atoms with Crippen LogP contribution >= 0.6 is 15.9 Å². The number of hydrogen-bond donors (Lipinski definition) is 2. The standard InChI is InChI=1S/C13H17BrFNO2/c1-12(2,3)7-13(16,11(17)18)9-5-4-8(14)6-10(9)15/h4-6H,7,16H2,1-3H3,(H,17,18). The molecule has 0 spiro atoms. The van der Waals surface area contributed by atoms with Crippen molar-refractivity contribution in [3.05, 3.63) is 34.1 Å². The van der Waals surface area contributed by atoms with Crippen LogP contribution in [0.15, 0.2) is 22.7 Å². The van der Waals surface area contributed by atoms with Gasteiger partial charge >= 0.3 is 5.97 Å². The normalized spacial score (nSPS) is 15.2. The molecule has 0 aliphatic heterocycles. The predicted molar refractivity (Wildman–Crippen MR) is 71.7 cm³/mol. The summed E-state index contributed by atoms with van der Waals surface area (Å²) in [6.45, 7) is 5.61. The number of hydrogen-bond acceptors (Lipinski definition) is 2. The monoisotopic (exact) mass is 317 g/mol. The van der Waals surface area contributed by atoms with Gasteiger partial charge in [0.25, 0.3) is 0 Å². The van der Waals surface area contributed by atoms with Crippen LogP contribution in [0.25, 0.3) is 0 Å². The summed E-state index contributed by atoms with van der Waals surface area (Å²) < 4.78 is 14.5. The van der Waals surface area contributed by atoms with E-state index in [-0.39, 0.29) is 17.4 Å². The number of carboxylic acids is 1. The van der Waals surface area contributed by atoms with E-state index in [1.165, 1.54) is 12.1 Å². The molecule has 1 aromatic carbocycles. The summed E-state index contributed by atoms with van der Waals surface area (Å²) in [7, 11) is 0. The van der Waals surface area contributed by atoms with Crippen molar-refractivity contribution in [2.24, 2.45) is 11.1 Å². The van der Waals surface area contributed by atoms with Gasteiger partial charge in [0.05, 0.1) is 0 Å². The zero-order valence-corrected chi connectivity index (χ0v) is 12.2. The van der Waals surface area contributed by atoms with Crippen LogP contribution in [-0.2, 0) is 10.3 Å². The minimum Gasteiger partial charge on any atom is -0.480 e.